The van der Waals surface area contributed by atoms with Crippen LogP contribution in [0.15, 0.2) is 97.1 Å². The highest BCUT2D eigenvalue weighted by molar-refractivity contribution is 5.86. The van der Waals surface area contributed by atoms with Crippen LogP contribution in [0.4, 0.5) is 0 Å². The van der Waals surface area contributed by atoms with Crippen LogP contribution in [-0.4, -0.2) is 0 Å². The number of hydrogen-bond acceptors (Lipinski definition) is 0. The summed E-state index contributed by atoms with van der Waals surface area (Å²) in [7, 11) is 0. The van der Waals surface area contributed by atoms with E-state index in [9.17, 15) is 0 Å². The van der Waals surface area contributed by atoms with Gasteiger partial charge in [0.15, 0.2) is 0 Å². The molecule has 0 heterocycles. The molecule has 0 saturated carbocycles. The van der Waals surface area contributed by atoms with Gasteiger partial charge in [-0.3, -0.25) is 0 Å². The molecule has 0 spiro atoms. The maximum absolute atomic E-state index is 2.30. The highest BCUT2D eigenvalue weighted by Crippen LogP contribution is 2.34. The van der Waals surface area contributed by atoms with E-state index < -0.39 is 0 Å². The molecule has 0 nitrogen and oxygen atoms in total. The molecule has 0 bridgehead atoms. The van der Waals surface area contributed by atoms with E-state index in [2.05, 4.69) is 104 Å². The minimum atomic E-state index is 0.406. The maximum Gasteiger partial charge on any atom is 0.00986 e. The van der Waals surface area contributed by atoms with E-state index in [1.807, 2.05) is 0 Å². The van der Waals surface area contributed by atoms with Gasteiger partial charge in [0.25, 0.3) is 0 Å². The molecule has 0 heteroatoms. The van der Waals surface area contributed by atoms with Gasteiger partial charge in [0.1, 0.15) is 0 Å². The van der Waals surface area contributed by atoms with Crippen LogP contribution in [0.2, 0.25) is 0 Å². The fourth-order valence-corrected chi connectivity index (χ4v) is 3.81. The molecule has 0 aliphatic carbocycles. The first kappa shape index (κ1) is 16.6. The Labute approximate surface area is 156 Å². The van der Waals surface area contributed by atoms with Gasteiger partial charge in [-0.05, 0) is 47.2 Å². The average molecular weight is 336 g/mol. The molecule has 0 saturated heterocycles. The van der Waals surface area contributed by atoms with Gasteiger partial charge in [-0.2, -0.15) is 0 Å². The zero-order valence-corrected chi connectivity index (χ0v) is 15.2. The number of rotatable bonds is 5. The molecule has 0 radical (unpaired) electrons. The smallest absolute Gasteiger partial charge is 0.00986 e. The van der Waals surface area contributed by atoms with Crippen molar-refractivity contribution in [2.75, 3.05) is 0 Å². The monoisotopic (exact) mass is 336 g/mol. The number of aryl methyl sites for hydroxylation is 2. The van der Waals surface area contributed by atoms with Gasteiger partial charge < -0.3 is 0 Å². The van der Waals surface area contributed by atoms with E-state index in [4.69, 9.17) is 0 Å². The first-order chi connectivity index (χ1) is 12.8. The zero-order valence-electron chi connectivity index (χ0n) is 15.2. The topological polar surface area (TPSA) is 0 Å². The summed E-state index contributed by atoms with van der Waals surface area (Å²) in [5.74, 6) is 0.406. The largest absolute Gasteiger partial charge is 0.0622 e. The average Bonchev–Trinajstić information content (AvgIpc) is 2.70. The molecule has 4 aromatic rings. The minimum Gasteiger partial charge on any atom is -0.0622 e. The molecule has 0 aliphatic heterocycles. The SMILES string of the molecule is Cc1ccc(CCC(c2ccccc2)c2cccc3ccccc23)cc1. The third-order valence-electron chi connectivity index (χ3n) is 5.24. The molecular weight excluding hydrogens is 312 g/mol. The van der Waals surface area contributed by atoms with E-state index >= 15 is 0 Å². The summed E-state index contributed by atoms with van der Waals surface area (Å²) in [4.78, 5) is 0. The van der Waals surface area contributed by atoms with Crippen molar-refractivity contribution in [1.29, 1.82) is 0 Å². The quantitative estimate of drug-likeness (QED) is 0.371. The molecule has 128 valence electrons. The maximum atomic E-state index is 2.30. The lowest BCUT2D eigenvalue weighted by atomic mass is 9.84. The zero-order chi connectivity index (χ0) is 17.8. The number of hydrogen-bond donors (Lipinski definition) is 0. The highest BCUT2D eigenvalue weighted by Gasteiger charge is 2.16. The van der Waals surface area contributed by atoms with E-state index in [1.165, 1.54) is 33.0 Å². The van der Waals surface area contributed by atoms with Gasteiger partial charge in [0.2, 0.25) is 0 Å². The Hall–Kier alpha value is -2.86. The summed E-state index contributed by atoms with van der Waals surface area (Å²) in [6.07, 6.45) is 2.20. The summed E-state index contributed by atoms with van der Waals surface area (Å²) in [6.45, 7) is 2.15. The van der Waals surface area contributed by atoms with Crippen molar-refractivity contribution in [3.8, 4) is 0 Å². The van der Waals surface area contributed by atoms with Crippen LogP contribution in [0.5, 0.6) is 0 Å². The fraction of sp³-hybridized carbons (Fsp3) is 0.154. The van der Waals surface area contributed by atoms with Crippen molar-refractivity contribution in [3.63, 3.8) is 0 Å². The van der Waals surface area contributed by atoms with E-state index in [0.29, 0.717) is 5.92 Å². The number of fused-ring (bicyclic) bond motifs is 1. The Morgan fingerprint density at radius 3 is 2.15 bits per heavy atom. The molecule has 0 N–H and O–H groups in total. The van der Waals surface area contributed by atoms with Crippen LogP contribution in [0.3, 0.4) is 0 Å². The predicted molar refractivity (Wildman–Crippen MR) is 112 cm³/mol. The molecule has 0 amide bonds. The Morgan fingerprint density at radius 2 is 1.35 bits per heavy atom. The first-order valence-electron chi connectivity index (χ1n) is 9.39. The lowest BCUT2D eigenvalue weighted by Crippen LogP contribution is -2.04. The summed E-state index contributed by atoms with van der Waals surface area (Å²) in [6, 6.07) is 35.3. The van der Waals surface area contributed by atoms with Gasteiger partial charge in [-0.15, -0.1) is 0 Å². The lowest BCUT2D eigenvalue weighted by molar-refractivity contribution is 0.720. The van der Waals surface area contributed by atoms with Gasteiger partial charge in [0.05, 0.1) is 0 Å². The Kier molecular flexibility index (Phi) is 4.84. The minimum absolute atomic E-state index is 0.406. The summed E-state index contributed by atoms with van der Waals surface area (Å²) >= 11 is 0. The van der Waals surface area contributed by atoms with E-state index in [0.717, 1.165) is 12.8 Å². The van der Waals surface area contributed by atoms with Crippen molar-refractivity contribution in [2.45, 2.75) is 25.7 Å². The molecule has 26 heavy (non-hydrogen) atoms. The van der Waals surface area contributed by atoms with Crippen LogP contribution in [0.1, 0.15) is 34.6 Å². The van der Waals surface area contributed by atoms with Gasteiger partial charge >= 0.3 is 0 Å². The Morgan fingerprint density at radius 1 is 0.654 bits per heavy atom. The third-order valence-corrected chi connectivity index (χ3v) is 5.24. The summed E-state index contributed by atoms with van der Waals surface area (Å²) < 4.78 is 0. The van der Waals surface area contributed by atoms with Crippen molar-refractivity contribution in [3.05, 3.63) is 119 Å². The molecule has 0 aliphatic rings. The lowest BCUT2D eigenvalue weighted by Gasteiger charge is -2.20. The van der Waals surface area contributed by atoms with Crippen molar-refractivity contribution >= 4 is 10.8 Å². The van der Waals surface area contributed by atoms with Crippen LogP contribution in [0, 0.1) is 6.92 Å². The van der Waals surface area contributed by atoms with Gasteiger partial charge in [-0.25, -0.2) is 0 Å². The van der Waals surface area contributed by atoms with E-state index in [1.54, 1.807) is 0 Å². The number of benzene rings is 4. The van der Waals surface area contributed by atoms with Crippen LogP contribution in [0.25, 0.3) is 10.8 Å². The molecule has 0 aromatic heterocycles. The highest BCUT2D eigenvalue weighted by atomic mass is 14.2. The second kappa shape index (κ2) is 7.58. The van der Waals surface area contributed by atoms with Gasteiger partial charge in [-0.1, -0.05) is 103 Å². The predicted octanol–water partition coefficient (Wildman–Crippen LogP) is 6.91. The van der Waals surface area contributed by atoms with E-state index in [-0.39, 0.29) is 0 Å². The summed E-state index contributed by atoms with van der Waals surface area (Å²) in [5, 5.41) is 2.69. The second-order valence-electron chi connectivity index (χ2n) is 7.06. The normalized spacial score (nSPS) is 12.2. The first-order valence-corrected chi connectivity index (χ1v) is 9.39. The van der Waals surface area contributed by atoms with Crippen LogP contribution < -0.4 is 0 Å². The van der Waals surface area contributed by atoms with Crippen molar-refractivity contribution < 1.29 is 0 Å². The Bertz CT molecular complexity index is 976. The Balaban J connectivity index is 1.72. The fourth-order valence-electron chi connectivity index (χ4n) is 3.81. The van der Waals surface area contributed by atoms with Crippen molar-refractivity contribution in [2.24, 2.45) is 0 Å². The molecular formula is C26H24. The van der Waals surface area contributed by atoms with Gasteiger partial charge in [0, 0.05) is 5.92 Å². The molecule has 0 fully saturated rings. The summed E-state index contributed by atoms with van der Waals surface area (Å²) in [5.41, 5.74) is 5.57. The van der Waals surface area contributed by atoms with Crippen LogP contribution in [-0.2, 0) is 6.42 Å². The molecule has 4 aromatic carbocycles. The van der Waals surface area contributed by atoms with Crippen LogP contribution >= 0.6 is 0 Å². The van der Waals surface area contributed by atoms with Crippen molar-refractivity contribution in [1.82, 2.24) is 0 Å². The molecule has 4 rings (SSSR count). The standard InChI is InChI=1S/C26H24/c1-20-14-16-21(17-15-20)18-19-25(22-8-3-2-4-9-22)26-13-7-11-23-10-5-6-12-24(23)26/h2-17,25H,18-19H2,1H3. The third kappa shape index (κ3) is 3.55. The molecule has 1 unspecified atom stereocenters. The second-order valence-corrected chi connectivity index (χ2v) is 7.06. The molecule has 1 atom stereocenters.